The van der Waals surface area contributed by atoms with Crippen molar-refractivity contribution in [2.75, 3.05) is 20.8 Å². The van der Waals surface area contributed by atoms with Gasteiger partial charge in [0.2, 0.25) is 5.91 Å². The van der Waals surface area contributed by atoms with Crippen molar-refractivity contribution in [3.05, 3.63) is 46.2 Å². The number of rotatable bonds is 7. The summed E-state index contributed by atoms with van der Waals surface area (Å²) in [6.07, 6.45) is 2.66. The van der Waals surface area contributed by atoms with Gasteiger partial charge in [-0.3, -0.25) is 4.79 Å². The van der Waals surface area contributed by atoms with Crippen molar-refractivity contribution in [1.82, 2.24) is 5.32 Å². The number of carbonyl (C=O) groups is 1. The summed E-state index contributed by atoms with van der Waals surface area (Å²) in [6.45, 7) is 0.722. The lowest BCUT2D eigenvalue weighted by molar-refractivity contribution is -0.120. The molecule has 1 aromatic carbocycles. The van der Waals surface area contributed by atoms with E-state index in [0.717, 1.165) is 24.9 Å². The summed E-state index contributed by atoms with van der Waals surface area (Å²) in [4.78, 5) is 13.6. The first-order valence-corrected chi connectivity index (χ1v) is 8.56. The molecule has 23 heavy (non-hydrogen) atoms. The fraction of sp³-hybridized carbons (Fsp3) is 0.389. The van der Waals surface area contributed by atoms with Crippen molar-refractivity contribution in [3.63, 3.8) is 0 Å². The highest BCUT2D eigenvalue weighted by molar-refractivity contribution is 7.10. The Labute approximate surface area is 140 Å². The Balaban J connectivity index is 1.58. The van der Waals surface area contributed by atoms with Crippen molar-refractivity contribution in [2.45, 2.75) is 24.7 Å². The topological polar surface area (TPSA) is 47.6 Å². The van der Waals surface area contributed by atoms with E-state index in [1.165, 1.54) is 4.88 Å². The van der Waals surface area contributed by atoms with Gasteiger partial charge in [0, 0.05) is 16.8 Å². The predicted molar refractivity (Wildman–Crippen MR) is 91.5 cm³/mol. The highest BCUT2D eigenvalue weighted by Crippen LogP contribution is 2.49. The van der Waals surface area contributed by atoms with Gasteiger partial charge in [0.05, 0.1) is 20.6 Å². The van der Waals surface area contributed by atoms with Crippen LogP contribution >= 0.6 is 11.3 Å². The van der Waals surface area contributed by atoms with Gasteiger partial charge in [-0.05, 0) is 42.0 Å². The molecule has 0 unspecified atom stereocenters. The summed E-state index contributed by atoms with van der Waals surface area (Å²) < 4.78 is 10.5. The fourth-order valence-corrected chi connectivity index (χ4v) is 3.73. The molecule has 0 spiro atoms. The van der Waals surface area contributed by atoms with Gasteiger partial charge >= 0.3 is 0 Å². The normalized spacial score (nSPS) is 15.0. The largest absolute Gasteiger partial charge is 0.493 e. The van der Waals surface area contributed by atoms with Crippen LogP contribution in [0.5, 0.6) is 11.5 Å². The molecule has 1 saturated carbocycles. The van der Waals surface area contributed by atoms with Crippen LogP contribution in [0.4, 0.5) is 0 Å². The zero-order valence-electron chi connectivity index (χ0n) is 13.4. The van der Waals surface area contributed by atoms with Crippen LogP contribution in [0.25, 0.3) is 0 Å². The molecule has 3 rings (SSSR count). The molecule has 0 atom stereocenters. The third-order valence-corrected chi connectivity index (χ3v) is 5.45. The lowest BCUT2D eigenvalue weighted by Crippen LogP contribution is -2.32. The van der Waals surface area contributed by atoms with Gasteiger partial charge in [-0.25, -0.2) is 0 Å². The maximum Gasteiger partial charge on any atom is 0.224 e. The smallest absolute Gasteiger partial charge is 0.224 e. The van der Waals surface area contributed by atoms with Gasteiger partial charge in [0.1, 0.15) is 0 Å². The molecule has 4 nitrogen and oxygen atoms in total. The molecule has 0 aliphatic heterocycles. The van der Waals surface area contributed by atoms with Crippen molar-refractivity contribution in [3.8, 4) is 11.5 Å². The van der Waals surface area contributed by atoms with Crippen LogP contribution in [-0.4, -0.2) is 26.7 Å². The molecule has 1 aromatic heterocycles. The summed E-state index contributed by atoms with van der Waals surface area (Å²) in [5.41, 5.74) is 1.10. The average molecular weight is 331 g/mol. The van der Waals surface area contributed by atoms with Gasteiger partial charge < -0.3 is 14.8 Å². The molecule has 1 aliphatic carbocycles. The number of amides is 1. The Morgan fingerprint density at radius 3 is 2.61 bits per heavy atom. The van der Waals surface area contributed by atoms with E-state index < -0.39 is 0 Å². The average Bonchev–Trinajstić information content (AvgIpc) is 3.15. The molecule has 1 aliphatic rings. The fourth-order valence-electron chi connectivity index (χ4n) is 2.75. The SMILES string of the molecule is COc1ccc(CC(=O)NCC2(c3cccs3)CC2)cc1OC. The summed E-state index contributed by atoms with van der Waals surface area (Å²) >= 11 is 1.78. The molecule has 0 bridgehead atoms. The number of hydrogen-bond donors (Lipinski definition) is 1. The molecule has 1 N–H and O–H groups in total. The van der Waals surface area contributed by atoms with Crippen molar-refractivity contribution in [1.29, 1.82) is 0 Å². The molecule has 5 heteroatoms. The quantitative estimate of drug-likeness (QED) is 0.848. The number of hydrogen-bond acceptors (Lipinski definition) is 4. The first kappa shape index (κ1) is 15.9. The van der Waals surface area contributed by atoms with Crippen molar-refractivity contribution in [2.24, 2.45) is 0 Å². The second-order valence-electron chi connectivity index (χ2n) is 5.90. The highest BCUT2D eigenvalue weighted by atomic mass is 32.1. The Hall–Kier alpha value is -2.01. The molecule has 122 valence electrons. The van der Waals surface area contributed by atoms with Crippen LogP contribution in [-0.2, 0) is 16.6 Å². The molecule has 2 aromatic rings. The molecule has 0 saturated heterocycles. The van der Waals surface area contributed by atoms with Crippen molar-refractivity contribution >= 4 is 17.2 Å². The van der Waals surface area contributed by atoms with E-state index in [-0.39, 0.29) is 11.3 Å². The number of nitrogens with one attached hydrogen (secondary N) is 1. The summed E-state index contributed by atoms with van der Waals surface area (Å²) in [5.74, 6) is 1.36. The van der Waals surface area contributed by atoms with E-state index in [9.17, 15) is 4.79 Å². The standard InChI is InChI=1S/C18H21NO3S/c1-21-14-6-5-13(10-15(14)22-2)11-17(20)19-12-18(7-8-18)16-4-3-9-23-16/h3-6,9-10H,7-8,11-12H2,1-2H3,(H,19,20). The van der Waals surface area contributed by atoms with Crippen LogP contribution in [0.1, 0.15) is 23.3 Å². The third kappa shape index (κ3) is 3.50. The number of ether oxygens (including phenoxy) is 2. The number of thiophene rings is 1. The zero-order chi connectivity index (χ0) is 16.3. The number of carbonyl (C=O) groups excluding carboxylic acids is 1. The molecular formula is C18H21NO3S. The Bertz CT molecular complexity index is 678. The first-order chi connectivity index (χ1) is 11.2. The molecule has 1 heterocycles. The Morgan fingerprint density at radius 1 is 1.22 bits per heavy atom. The van der Waals surface area contributed by atoms with E-state index >= 15 is 0 Å². The summed E-state index contributed by atoms with van der Waals surface area (Å²) in [5, 5.41) is 5.18. The van der Waals surface area contributed by atoms with E-state index in [2.05, 4.69) is 22.8 Å². The number of methoxy groups -OCH3 is 2. The second-order valence-corrected chi connectivity index (χ2v) is 6.85. The minimum absolute atomic E-state index is 0.0417. The summed E-state index contributed by atoms with van der Waals surface area (Å²) in [6, 6.07) is 9.82. The van der Waals surface area contributed by atoms with Gasteiger partial charge in [-0.15, -0.1) is 11.3 Å². The maximum absolute atomic E-state index is 12.2. The van der Waals surface area contributed by atoms with Crippen LogP contribution < -0.4 is 14.8 Å². The lowest BCUT2D eigenvalue weighted by Gasteiger charge is -2.15. The van der Waals surface area contributed by atoms with Crippen molar-refractivity contribution < 1.29 is 14.3 Å². The van der Waals surface area contributed by atoms with Crippen LogP contribution in [0, 0.1) is 0 Å². The lowest BCUT2D eigenvalue weighted by atomic mass is 10.0. The summed E-state index contributed by atoms with van der Waals surface area (Å²) in [7, 11) is 3.20. The predicted octanol–water partition coefficient (Wildman–Crippen LogP) is 3.16. The van der Waals surface area contributed by atoms with Gasteiger partial charge in [0.25, 0.3) is 0 Å². The Morgan fingerprint density at radius 2 is 2.00 bits per heavy atom. The monoisotopic (exact) mass is 331 g/mol. The highest BCUT2D eigenvalue weighted by Gasteiger charge is 2.45. The molecule has 1 amide bonds. The number of benzene rings is 1. The minimum Gasteiger partial charge on any atom is -0.493 e. The van der Waals surface area contributed by atoms with Gasteiger partial charge in [-0.1, -0.05) is 12.1 Å². The maximum atomic E-state index is 12.2. The van der Waals surface area contributed by atoms with Crippen LogP contribution in [0.2, 0.25) is 0 Å². The first-order valence-electron chi connectivity index (χ1n) is 7.68. The van der Waals surface area contributed by atoms with Gasteiger partial charge in [-0.2, -0.15) is 0 Å². The van der Waals surface area contributed by atoms with E-state index in [1.54, 1.807) is 25.6 Å². The molecule has 1 fully saturated rings. The van der Waals surface area contributed by atoms with E-state index in [0.29, 0.717) is 17.9 Å². The van der Waals surface area contributed by atoms with Crippen LogP contribution in [0.15, 0.2) is 35.7 Å². The van der Waals surface area contributed by atoms with E-state index in [1.807, 2.05) is 18.2 Å². The second kappa shape index (κ2) is 6.62. The van der Waals surface area contributed by atoms with E-state index in [4.69, 9.17) is 9.47 Å². The Kier molecular flexibility index (Phi) is 4.57. The molecule has 0 radical (unpaired) electrons. The third-order valence-electron chi connectivity index (χ3n) is 4.33. The van der Waals surface area contributed by atoms with Crippen LogP contribution in [0.3, 0.4) is 0 Å². The molecular weight excluding hydrogens is 310 g/mol. The van der Waals surface area contributed by atoms with Gasteiger partial charge in [0.15, 0.2) is 11.5 Å². The zero-order valence-corrected chi connectivity index (χ0v) is 14.2. The minimum atomic E-state index is 0.0417.